The number of halogens is 8. The normalized spacial score (nSPS) is 19.2. The highest BCUT2D eigenvalue weighted by molar-refractivity contribution is 6.30. The number of hydrogen-bond acceptors (Lipinski definition) is 3. The van der Waals surface area contributed by atoms with Crippen molar-refractivity contribution in [1.29, 1.82) is 0 Å². The van der Waals surface area contributed by atoms with Gasteiger partial charge in [-0.25, -0.2) is 4.39 Å². The van der Waals surface area contributed by atoms with Gasteiger partial charge < -0.3 is 10.6 Å². The fraction of sp³-hybridized carbons (Fsp3) is 0.263. The van der Waals surface area contributed by atoms with Crippen molar-refractivity contribution in [3.63, 3.8) is 0 Å². The molecule has 2 aromatic rings. The van der Waals surface area contributed by atoms with Gasteiger partial charge in [-0.1, -0.05) is 22.8 Å². The highest BCUT2D eigenvalue weighted by Gasteiger charge is 2.64. The van der Waals surface area contributed by atoms with Crippen LogP contribution in [0.15, 0.2) is 35.5 Å². The van der Waals surface area contributed by atoms with Crippen LogP contribution < -0.4 is 5.73 Å². The molecule has 0 saturated heterocycles. The van der Waals surface area contributed by atoms with Gasteiger partial charge in [-0.05, 0) is 42.3 Å². The first kappa shape index (κ1) is 22.9. The number of carbonyl (C=O) groups is 1. The van der Waals surface area contributed by atoms with E-state index in [9.17, 15) is 35.5 Å². The predicted octanol–water partition coefficient (Wildman–Crippen LogP) is 5.49. The van der Waals surface area contributed by atoms with Crippen LogP contribution in [0, 0.1) is 12.7 Å². The summed E-state index contributed by atoms with van der Waals surface area (Å²) in [6, 6.07) is 4.01. The third kappa shape index (κ3) is 3.93. The third-order valence-electron chi connectivity index (χ3n) is 4.80. The standard InChI is InChI=1S/C19H12ClF7N2O2/c1-8-4-9(2-3-11(8)16(28)30)14-7-17(31-29-14,19(25,26)27)12-5-10(18(22,23)24)6-13(20)15(12)21/h2-6H,7H2,1H3,(H2,28,30). The van der Waals surface area contributed by atoms with Gasteiger partial charge in [-0.3, -0.25) is 4.79 Å². The van der Waals surface area contributed by atoms with Crippen LogP contribution >= 0.6 is 11.6 Å². The average Bonchev–Trinajstić information content (AvgIpc) is 3.09. The fourth-order valence-electron chi connectivity index (χ4n) is 3.20. The van der Waals surface area contributed by atoms with Gasteiger partial charge in [0, 0.05) is 11.1 Å². The first-order valence-electron chi connectivity index (χ1n) is 8.46. The van der Waals surface area contributed by atoms with E-state index in [1.165, 1.54) is 25.1 Å². The number of alkyl halides is 6. The van der Waals surface area contributed by atoms with Crippen LogP contribution in [0.1, 0.15) is 39.0 Å². The summed E-state index contributed by atoms with van der Waals surface area (Å²) in [4.78, 5) is 15.9. The maximum absolute atomic E-state index is 14.6. The quantitative estimate of drug-likeness (QED) is 0.606. The molecule has 12 heteroatoms. The van der Waals surface area contributed by atoms with E-state index in [0.29, 0.717) is 5.56 Å². The van der Waals surface area contributed by atoms with Crippen molar-refractivity contribution in [3.8, 4) is 0 Å². The van der Waals surface area contributed by atoms with E-state index in [1.54, 1.807) is 0 Å². The maximum Gasteiger partial charge on any atom is 0.435 e. The van der Waals surface area contributed by atoms with Gasteiger partial charge in [0.15, 0.2) is 0 Å². The Morgan fingerprint density at radius 1 is 1.16 bits per heavy atom. The van der Waals surface area contributed by atoms with Crippen LogP contribution in [0.5, 0.6) is 0 Å². The van der Waals surface area contributed by atoms with Crippen molar-refractivity contribution < 1.29 is 40.4 Å². The second-order valence-electron chi connectivity index (χ2n) is 6.84. The summed E-state index contributed by atoms with van der Waals surface area (Å²) in [5.74, 6) is -2.47. The summed E-state index contributed by atoms with van der Waals surface area (Å²) in [6.07, 6.45) is -11.6. The number of aryl methyl sites for hydroxylation is 1. The second kappa shape index (κ2) is 7.40. The number of hydrogen-bond donors (Lipinski definition) is 1. The van der Waals surface area contributed by atoms with E-state index in [1.807, 2.05) is 0 Å². The summed E-state index contributed by atoms with van der Waals surface area (Å²) in [5.41, 5.74) is -1.15. The Morgan fingerprint density at radius 3 is 2.32 bits per heavy atom. The number of oxime groups is 1. The van der Waals surface area contributed by atoms with Crippen molar-refractivity contribution in [3.05, 3.63) is 69.0 Å². The number of primary amides is 1. The minimum atomic E-state index is -5.35. The Morgan fingerprint density at radius 2 is 1.81 bits per heavy atom. The van der Waals surface area contributed by atoms with E-state index in [-0.39, 0.29) is 29.0 Å². The Hall–Kier alpha value is -2.82. The van der Waals surface area contributed by atoms with E-state index < -0.39 is 52.2 Å². The maximum atomic E-state index is 14.6. The van der Waals surface area contributed by atoms with Crippen LogP contribution in [0.2, 0.25) is 5.02 Å². The van der Waals surface area contributed by atoms with E-state index in [4.69, 9.17) is 17.3 Å². The zero-order valence-corrected chi connectivity index (χ0v) is 16.2. The number of amides is 1. The summed E-state index contributed by atoms with van der Waals surface area (Å²) >= 11 is 5.46. The van der Waals surface area contributed by atoms with Crippen LogP contribution in [-0.4, -0.2) is 17.8 Å². The second-order valence-corrected chi connectivity index (χ2v) is 7.25. The molecule has 0 aliphatic carbocycles. The topological polar surface area (TPSA) is 64.7 Å². The molecule has 1 aliphatic rings. The molecule has 1 heterocycles. The van der Waals surface area contributed by atoms with Crippen molar-refractivity contribution in [1.82, 2.24) is 0 Å². The smallest absolute Gasteiger partial charge is 0.374 e. The Kier molecular flexibility index (Phi) is 5.45. The third-order valence-corrected chi connectivity index (χ3v) is 5.08. The minimum Gasteiger partial charge on any atom is -0.374 e. The Labute approximate surface area is 175 Å². The Bertz CT molecular complexity index is 1100. The summed E-state index contributed by atoms with van der Waals surface area (Å²) in [5, 5.41) is 2.22. The highest BCUT2D eigenvalue weighted by Crippen LogP contribution is 2.51. The summed E-state index contributed by atoms with van der Waals surface area (Å²) < 4.78 is 96.0. The average molecular weight is 469 g/mol. The molecular formula is C19H12ClF7N2O2. The van der Waals surface area contributed by atoms with E-state index in [0.717, 1.165) is 0 Å². The van der Waals surface area contributed by atoms with Crippen molar-refractivity contribution in [2.24, 2.45) is 10.9 Å². The van der Waals surface area contributed by atoms with Crippen LogP contribution in [0.25, 0.3) is 0 Å². The SMILES string of the molecule is Cc1cc(C2=NOC(c3cc(C(F)(F)F)cc(Cl)c3F)(C(F)(F)F)C2)ccc1C(N)=O. The zero-order valence-electron chi connectivity index (χ0n) is 15.5. The van der Waals surface area contributed by atoms with Crippen molar-refractivity contribution in [2.45, 2.75) is 31.3 Å². The number of nitrogens with zero attached hydrogens (tertiary/aromatic N) is 1. The highest BCUT2D eigenvalue weighted by atomic mass is 35.5. The molecule has 1 unspecified atom stereocenters. The number of carbonyl (C=O) groups excluding carboxylic acids is 1. The van der Waals surface area contributed by atoms with Gasteiger partial charge >= 0.3 is 12.4 Å². The van der Waals surface area contributed by atoms with Gasteiger partial charge in [-0.2, -0.15) is 26.3 Å². The molecule has 31 heavy (non-hydrogen) atoms. The molecule has 0 saturated carbocycles. The zero-order chi connectivity index (χ0) is 23.4. The first-order chi connectivity index (χ1) is 14.2. The van der Waals surface area contributed by atoms with Crippen LogP contribution in [0.4, 0.5) is 30.7 Å². The van der Waals surface area contributed by atoms with Crippen molar-refractivity contribution >= 4 is 23.2 Å². The van der Waals surface area contributed by atoms with E-state index >= 15 is 0 Å². The molecule has 1 amide bonds. The molecule has 4 nitrogen and oxygen atoms in total. The Balaban J connectivity index is 2.12. The minimum absolute atomic E-state index is 0.00853. The lowest BCUT2D eigenvalue weighted by molar-refractivity contribution is -0.276. The van der Waals surface area contributed by atoms with Gasteiger partial charge in [0.2, 0.25) is 5.91 Å². The molecule has 2 aromatic carbocycles. The van der Waals surface area contributed by atoms with Gasteiger partial charge in [0.05, 0.1) is 22.7 Å². The molecule has 0 fully saturated rings. The largest absolute Gasteiger partial charge is 0.435 e. The van der Waals surface area contributed by atoms with E-state index in [2.05, 4.69) is 9.99 Å². The number of nitrogens with two attached hydrogens (primary N) is 1. The molecule has 0 bridgehead atoms. The molecule has 0 aromatic heterocycles. The first-order valence-corrected chi connectivity index (χ1v) is 8.84. The molecule has 3 rings (SSSR count). The fourth-order valence-corrected chi connectivity index (χ4v) is 3.42. The molecule has 2 N–H and O–H groups in total. The van der Waals surface area contributed by atoms with Gasteiger partial charge in [-0.15, -0.1) is 0 Å². The van der Waals surface area contributed by atoms with Crippen molar-refractivity contribution in [2.75, 3.05) is 0 Å². The molecule has 166 valence electrons. The molecule has 1 aliphatic heterocycles. The lowest BCUT2D eigenvalue weighted by atomic mass is 9.85. The monoisotopic (exact) mass is 468 g/mol. The molecule has 0 spiro atoms. The lowest BCUT2D eigenvalue weighted by Crippen LogP contribution is -2.43. The van der Waals surface area contributed by atoms with Crippen LogP contribution in [-0.2, 0) is 16.6 Å². The molecule has 0 radical (unpaired) electrons. The van der Waals surface area contributed by atoms with Crippen LogP contribution in [0.3, 0.4) is 0 Å². The molecular weight excluding hydrogens is 457 g/mol. The lowest BCUT2D eigenvalue weighted by Gasteiger charge is -2.30. The number of benzene rings is 2. The van der Waals surface area contributed by atoms with Gasteiger partial charge in [0.1, 0.15) is 5.82 Å². The predicted molar refractivity (Wildman–Crippen MR) is 96.1 cm³/mol. The number of rotatable bonds is 3. The van der Waals surface area contributed by atoms with Gasteiger partial charge in [0.25, 0.3) is 5.60 Å². The summed E-state index contributed by atoms with van der Waals surface area (Å²) in [6.45, 7) is 1.48. The molecule has 1 atom stereocenters. The summed E-state index contributed by atoms with van der Waals surface area (Å²) in [7, 11) is 0.